The summed E-state index contributed by atoms with van der Waals surface area (Å²) < 4.78 is 25.5. The molecule has 0 saturated heterocycles. The van der Waals surface area contributed by atoms with Crippen molar-refractivity contribution in [1.29, 1.82) is 0 Å². The lowest BCUT2D eigenvalue weighted by Gasteiger charge is -2.19. The van der Waals surface area contributed by atoms with E-state index >= 15 is 0 Å². The summed E-state index contributed by atoms with van der Waals surface area (Å²) in [6.07, 6.45) is 4.93. The molecule has 0 unspecified atom stereocenters. The minimum Gasteiger partial charge on any atom is -0.395 e. The Morgan fingerprint density at radius 3 is 2.43 bits per heavy atom. The fourth-order valence-corrected chi connectivity index (χ4v) is 2.68. The van der Waals surface area contributed by atoms with Crippen molar-refractivity contribution >= 4 is 22.0 Å². The monoisotopic (exact) mass is 340 g/mol. The molecule has 23 heavy (non-hydrogen) atoms. The lowest BCUT2D eigenvalue weighted by Crippen LogP contribution is -2.33. The molecule has 7 heteroatoms. The van der Waals surface area contributed by atoms with Crippen LogP contribution in [0.5, 0.6) is 0 Å². The van der Waals surface area contributed by atoms with Gasteiger partial charge in [-0.1, -0.05) is 25.5 Å². The van der Waals surface area contributed by atoms with E-state index in [4.69, 9.17) is 5.11 Å². The SMILES string of the molecule is CCCCN(CCO)C(=O)/C=C/c1ccc(S(=O)(=O)NC)cc1. The molecule has 0 aliphatic carbocycles. The van der Waals surface area contributed by atoms with Crippen molar-refractivity contribution < 1.29 is 18.3 Å². The Kier molecular flexibility index (Phi) is 7.94. The van der Waals surface area contributed by atoms with Crippen molar-refractivity contribution in [3.8, 4) is 0 Å². The van der Waals surface area contributed by atoms with Crippen molar-refractivity contribution in [3.63, 3.8) is 0 Å². The Labute approximate surface area is 137 Å². The number of sulfonamides is 1. The molecule has 2 N–H and O–H groups in total. The molecule has 0 spiro atoms. The molecule has 1 amide bonds. The van der Waals surface area contributed by atoms with Crippen LogP contribution in [0, 0.1) is 0 Å². The molecule has 0 fully saturated rings. The molecule has 1 rings (SSSR count). The lowest BCUT2D eigenvalue weighted by molar-refractivity contribution is -0.126. The molecule has 0 aromatic heterocycles. The molecule has 1 aromatic carbocycles. The van der Waals surface area contributed by atoms with Gasteiger partial charge in [0.2, 0.25) is 15.9 Å². The van der Waals surface area contributed by atoms with Crippen molar-refractivity contribution in [2.45, 2.75) is 24.7 Å². The predicted octanol–water partition coefficient (Wildman–Crippen LogP) is 1.23. The summed E-state index contributed by atoms with van der Waals surface area (Å²) in [6.45, 7) is 2.89. The van der Waals surface area contributed by atoms with E-state index in [2.05, 4.69) is 4.72 Å². The minimum atomic E-state index is -3.45. The third kappa shape index (κ3) is 6.13. The van der Waals surface area contributed by atoms with E-state index < -0.39 is 10.0 Å². The van der Waals surface area contributed by atoms with Crippen LogP contribution in [-0.4, -0.2) is 51.1 Å². The number of carbonyl (C=O) groups excluding carboxylic acids is 1. The van der Waals surface area contributed by atoms with Gasteiger partial charge in [-0.3, -0.25) is 4.79 Å². The molecule has 0 aliphatic rings. The van der Waals surface area contributed by atoms with Gasteiger partial charge in [0.25, 0.3) is 0 Å². The van der Waals surface area contributed by atoms with Crippen LogP contribution in [0.1, 0.15) is 25.3 Å². The highest BCUT2D eigenvalue weighted by Crippen LogP contribution is 2.11. The Hall–Kier alpha value is -1.70. The largest absolute Gasteiger partial charge is 0.395 e. The number of aliphatic hydroxyl groups is 1. The zero-order valence-corrected chi connectivity index (χ0v) is 14.3. The maximum Gasteiger partial charge on any atom is 0.246 e. The van der Waals surface area contributed by atoms with E-state index in [1.807, 2.05) is 6.92 Å². The molecule has 0 heterocycles. The topological polar surface area (TPSA) is 86.7 Å². The van der Waals surface area contributed by atoms with Crippen molar-refractivity contribution in [2.24, 2.45) is 0 Å². The smallest absolute Gasteiger partial charge is 0.246 e. The van der Waals surface area contributed by atoms with Gasteiger partial charge < -0.3 is 10.0 Å². The standard InChI is InChI=1S/C16H24N2O4S/c1-3-4-11-18(12-13-19)16(20)10-7-14-5-8-15(9-6-14)23(21,22)17-2/h5-10,17,19H,3-4,11-13H2,1-2H3/b10-7+. The molecule has 0 aliphatic heterocycles. The number of hydrogen-bond donors (Lipinski definition) is 2. The maximum absolute atomic E-state index is 12.1. The number of hydrogen-bond acceptors (Lipinski definition) is 4. The van der Waals surface area contributed by atoms with Gasteiger partial charge in [0.1, 0.15) is 0 Å². The summed E-state index contributed by atoms with van der Waals surface area (Å²) in [6, 6.07) is 6.24. The molecule has 0 radical (unpaired) electrons. The van der Waals surface area contributed by atoms with Crippen molar-refractivity contribution in [2.75, 3.05) is 26.7 Å². The molecule has 0 saturated carbocycles. The van der Waals surface area contributed by atoms with Gasteiger partial charge in [-0.15, -0.1) is 0 Å². The molecular weight excluding hydrogens is 316 g/mol. The minimum absolute atomic E-state index is 0.0696. The highest BCUT2D eigenvalue weighted by molar-refractivity contribution is 7.89. The summed E-state index contributed by atoms with van der Waals surface area (Å²) in [4.78, 5) is 13.9. The lowest BCUT2D eigenvalue weighted by atomic mass is 10.2. The number of nitrogens with zero attached hydrogens (tertiary/aromatic N) is 1. The Bertz CT molecular complexity index is 624. The van der Waals surface area contributed by atoms with Crippen molar-refractivity contribution in [3.05, 3.63) is 35.9 Å². The van der Waals surface area contributed by atoms with E-state index in [9.17, 15) is 13.2 Å². The van der Waals surface area contributed by atoms with E-state index in [0.29, 0.717) is 13.1 Å². The fraction of sp³-hybridized carbons (Fsp3) is 0.438. The third-order valence-corrected chi connectivity index (χ3v) is 4.77. The van der Waals surface area contributed by atoms with Gasteiger partial charge in [-0.2, -0.15) is 0 Å². The van der Waals surface area contributed by atoms with Crippen LogP contribution in [0.25, 0.3) is 6.08 Å². The molecule has 6 nitrogen and oxygen atoms in total. The number of benzene rings is 1. The first-order valence-corrected chi connectivity index (χ1v) is 9.04. The first-order valence-electron chi connectivity index (χ1n) is 7.56. The van der Waals surface area contributed by atoms with E-state index in [-0.39, 0.29) is 17.4 Å². The first-order chi connectivity index (χ1) is 10.9. The number of amides is 1. The Balaban J connectivity index is 2.77. The number of nitrogens with one attached hydrogen (secondary N) is 1. The third-order valence-electron chi connectivity index (χ3n) is 3.34. The predicted molar refractivity (Wildman–Crippen MR) is 90.3 cm³/mol. The van der Waals surface area contributed by atoms with E-state index in [0.717, 1.165) is 18.4 Å². The highest BCUT2D eigenvalue weighted by Gasteiger charge is 2.11. The molecule has 128 valence electrons. The fourth-order valence-electron chi connectivity index (χ4n) is 1.95. The van der Waals surface area contributed by atoms with Crippen LogP contribution in [0.15, 0.2) is 35.2 Å². The summed E-state index contributed by atoms with van der Waals surface area (Å²) in [5.74, 6) is -0.167. The van der Waals surface area contributed by atoms with Crippen LogP contribution in [-0.2, 0) is 14.8 Å². The van der Waals surface area contributed by atoms with Crippen molar-refractivity contribution in [1.82, 2.24) is 9.62 Å². The first kappa shape index (κ1) is 19.3. The van der Waals surface area contributed by atoms with Crippen LogP contribution in [0.2, 0.25) is 0 Å². The quantitative estimate of drug-likeness (QED) is 0.662. The summed E-state index contributed by atoms with van der Waals surface area (Å²) in [7, 11) is -2.10. The number of rotatable bonds is 9. The van der Waals surface area contributed by atoms with Gasteiger partial charge in [0, 0.05) is 19.2 Å². The second kappa shape index (κ2) is 9.44. The van der Waals surface area contributed by atoms with Crippen LogP contribution >= 0.6 is 0 Å². The van der Waals surface area contributed by atoms with Crippen LogP contribution < -0.4 is 4.72 Å². The van der Waals surface area contributed by atoms with Gasteiger partial charge >= 0.3 is 0 Å². The summed E-state index contributed by atoms with van der Waals surface area (Å²) >= 11 is 0. The zero-order valence-electron chi connectivity index (χ0n) is 13.5. The second-order valence-corrected chi connectivity index (χ2v) is 6.90. The normalized spacial score (nSPS) is 11.8. The van der Waals surface area contributed by atoms with Crippen LogP contribution in [0.3, 0.4) is 0 Å². The van der Waals surface area contributed by atoms with Gasteiger partial charge in [-0.25, -0.2) is 13.1 Å². The Morgan fingerprint density at radius 2 is 1.91 bits per heavy atom. The second-order valence-electron chi connectivity index (χ2n) is 5.01. The summed E-state index contributed by atoms with van der Waals surface area (Å²) in [5.41, 5.74) is 0.729. The summed E-state index contributed by atoms with van der Waals surface area (Å²) in [5, 5.41) is 9.02. The molecule has 1 aromatic rings. The van der Waals surface area contributed by atoms with Gasteiger partial charge in [0.15, 0.2) is 0 Å². The van der Waals surface area contributed by atoms with E-state index in [1.54, 1.807) is 23.1 Å². The average molecular weight is 340 g/mol. The zero-order chi connectivity index (χ0) is 17.3. The Morgan fingerprint density at radius 1 is 1.26 bits per heavy atom. The number of unbranched alkanes of at least 4 members (excludes halogenated alkanes) is 1. The highest BCUT2D eigenvalue weighted by atomic mass is 32.2. The molecular formula is C16H24N2O4S. The van der Waals surface area contributed by atoms with Crippen LogP contribution in [0.4, 0.5) is 0 Å². The van der Waals surface area contributed by atoms with E-state index in [1.165, 1.54) is 25.3 Å². The average Bonchev–Trinajstić information content (AvgIpc) is 2.56. The van der Waals surface area contributed by atoms with Gasteiger partial charge in [0.05, 0.1) is 11.5 Å². The van der Waals surface area contributed by atoms with Gasteiger partial charge in [-0.05, 0) is 37.2 Å². The maximum atomic E-state index is 12.1. The molecule has 0 bridgehead atoms. The molecule has 0 atom stereocenters. The number of aliphatic hydroxyl groups excluding tert-OH is 1. The number of carbonyl (C=O) groups is 1.